The lowest BCUT2D eigenvalue weighted by atomic mass is 10.2. The van der Waals surface area contributed by atoms with Crippen molar-refractivity contribution in [2.75, 3.05) is 0 Å². The minimum absolute atomic E-state index is 0.123. The molecule has 3 rings (SSSR count). The molecule has 0 radical (unpaired) electrons. The lowest BCUT2D eigenvalue weighted by Gasteiger charge is -2.20. The average molecular weight is 469 g/mol. The molecule has 0 saturated heterocycles. The summed E-state index contributed by atoms with van der Waals surface area (Å²) in [5.41, 5.74) is 2.40. The van der Waals surface area contributed by atoms with Crippen molar-refractivity contribution in [3.63, 3.8) is 0 Å². The molecule has 30 heavy (non-hydrogen) atoms. The molecule has 6 nitrogen and oxygen atoms in total. The Labute approximate surface area is 183 Å². The molecule has 0 aliphatic rings. The summed E-state index contributed by atoms with van der Waals surface area (Å²) in [5.74, 6) is 0. The van der Waals surface area contributed by atoms with E-state index in [-0.39, 0.29) is 13.2 Å². The third-order valence-electron chi connectivity index (χ3n) is 4.15. The molecule has 2 amide bonds. The van der Waals surface area contributed by atoms with Crippen molar-refractivity contribution in [2.24, 2.45) is 0 Å². The lowest BCUT2D eigenvalue weighted by molar-refractivity contribution is 0.122. The Morgan fingerprint density at radius 3 is 1.57 bits per heavy atom. The number of rotatable bonds is 7. The van der Waals surface area contributed by atoms with Crippen LogP contribution in [-0.4, -0.2) is 12.2 Å². The number of alkyl carbamates (subject to hydrolysis) is 2. The van der Waals surface area contributed by atoms with Gasteiger partial charge in [-0.25, -0.2) is 9.59 Å². The van der Waals surface area contributed by atoms with E-state index in [4.69, 9.17) is 9.47 Å². The van der Waals surface area contributed by atoms with Crippen LogP contribution >= 0.6 is 15.9 Å². The number of ether oxygens (including phenoxy) is 2. The number of benzene rings is 3. The van der Waals surface area contributed by atoms with Gasteiger partial charge in [-0.2, -0.15) is 0 Å². The molecule has 7 heteroatoms. The Kier molecular flexibility index (Phi) is 7.86. The van der Waals surface area contributed by atoms with E-state index in [1.165, 1.54) is 0 Å². The standard InChI is InChI=1S/C23H21BrN2O4/c24-20-13-11-19(12-14-20)21(25-22(27)29-15-17-7-3-1-4-8-17)26-23(28)30-16-18-9-5-2-6-10-18/h1-14,21H,15-16H2,(H,25,27)(H,26,28). The van der Waals surface area contributed by atoms with Gasteiger partial charge >= 0.3 is 12.2 Å². The molecule has 0 bridgehead atoms. The number of amides is 2. The van der Waals surface area contributed by atoms with Gasteiger partial charge < -0.3 is 9.47 Å². The van der Waals surface area contributed by atoms with Crippen molar-refractivity contribution >= 4 is 28.1 Å². The van der Waals surface area contributed by atoms with Crippen LogP contribution < -0.4 is 10.6 Å². The van der Waals surface area contributed by atoms with E-state index in [0.717, 1.165) is 15.6 Å². The predicted molar refractivity (Wildman–Crippen MR) is 116 cm³/mol. The van der Waals surface area contributed by atoms with Crippen molar-refractivity contribution in [1.82, 2.24) is 10.6 Å². The molecule has 3 aromatic carbocycles. The second-order valence-corrected chi connectivity index (χ2v) is 7.31. The van der Waals surface area contributed by atoms with Gasteiger partial charge in [0.1, 0.15) is 19.4 Å². The van der Waals surface area contributed by atoms with Crippen LogP contribution in [0.3, 0.4) is 0 Å². The Balaban J connectivity index is 1.60. The summed E-state index contributed by atoms with van der Waals surface area (Å²) in [5, 5.41) is 5.33. The molecule has 0 aliphatic heterocycles. The first-order valence-electron chi connectivity index (χ1n) is 9.30. The van der Waals surface area contributed by atoms with Gasteiger partial charge in [0.2, 0.25) is 0 Å². The van der Waals surface area contributed by atoms with Crippen LogP contribution in [0.25, 0.3) is 0 Å². The minimum Gasteiger partial charge on any atom is -0.445 e. The molecule has 0 aliphatic carbocycles. The Morgan fingerprint density at radius 1 is 0.700 bits per heavy atom. The van der Waals surface area contributed by atoms with Crippen molar-refractivity contribution in [1.29, 1.82) is 0 Å². The topological polar surface area (TPSA) is 76.7 Å². The number of carbonyl (C=O) groups excluding carboxylic acids is 2. The van der Waals surface area contributed by atoms with Gasteiger partial charge in [0, 0.05) is 4.47 Å². The summed E-state index contributed by atoms with van der Waals surface area (Å²) in [7, 11) is 0. The zero-order valence-electron chi connectivity index (χ0n) is 16.1. The minimum atomic E-state index is -0.815. The summed E-state index contributed by atoms with van der Waals surface area (Å²) in [6.07, 6.45) is -2.13. The van der Waals surface area contributed by atoms with Gasteiger partial charge in [0.15, 0.2) is 0 Å². The fraction of sp³-hybridized carbons (Fsp3) is 0.130. The molecule has 0 atom stereocenters. The fourth-order valence-corrected chi connectivity index (χ4v) is 2.89. The molecular formula is C23H21BrN2O4. The third kappa shape index (κ3) is 6.93. The highest BCUT2D eigenvalue weighted by atomic mass is 79.9. The van der Waals surface area contributed by atoms with Crippen LogP contribution in [0.5, 0.6) is 0 Å². The average Bonchev–Trinajstić information content (AvgIpc) is 2.78. The van der Waals surface area contributed by atoms with Crippen molar-refractivity contribution in [2.45, 2.75) is 19.4 Å². The van der Waals surface area contributed by atoms with Crippen molar-refractivity contribution in [3.8, 4) is 0 Å². The summed E-state index contributed by atoms with van der Waals surface area (Å²) in [6.45, 7) is 0.246. The van der Waals surface area contributed by atoms with Crippen LogP contribution in [0.2, 0.25) is 0 Å². The van der Waals surface area contributed by atoms with Crippen LogP contribution in [0.15, 0.2) is 89.4 Å². The maximum Gasteiger partial charge on any atom is 0.409 e. The largest absolute Gasteiger partial charge is 0.445 e. The van der Waals surface area contributed by atoms with Gasteiger partial charge in [-0.3, -0.25) is 10.6 Å². The normalized spacial score (nSPS) is 10.3. The van der Waals surface area contributed by atoms with Gasteiger partial charge in [-0.15, -0.1) is 0 Å². The Morgan fingerprint density at radius 2 is 1.13 bits per heavy atom. The Bertz CT molecular complexity index is 892. The molecule has 0 fully saturated rings. The predicted octanol–water partition coefficient (Wildman–Crippen LogP) is 5.30. The molecule has 0 saturated carbocycles. The first-order chi connectivity index (χ1) is 14.6. The molecule has 0 heterocycles. The molecule has 0 aromatic heterocycles. The Hall–Kier alpha value is -3.32. The van der Waals surface area contributed by atoms with Gasteiger partial charge in [0.05, 0.1) is 0 Å². The maximum absolute atomic E-state index is 12.3. The molecule has 154 valence electrons. The highest BCUT2D eigenvalue weighted by Gasteiger charge is 2.19. The smallest absolute Gasteiger partial charge is 0.409 e. The van der Waals surface area contributed by atoms with Crippen LogP contribution in [0, 0.1) is 0 Å². The zero-order chi connectivity index (χ0) is 21.2. The van der Waals surface area contributed by atoms with E-state index in [2.05, 4.69) is 26.6 Å². The fourth-order valence-electron chi connectivity index (χ4n) is 2.62. The maximum atomic E-state index is 12.3. The number of nitrogens with one attached hydrogen (secondary N) is 2. The molecule has 2 N–H and O–H groups in total. The van der Waals surface area contributed by atoms with E-state index in [1.807, 2.05) is 72.8 Å². The van der Waals surface area contributed by atoms with E-state index in [0.29, 0.717) is 5.56 Å². The van der Waals surface area contributed by atoms with Crippen molar-refractivity contribution in [3.05, 3.63) is 106 Å². The number of carbonyl (C=O) groups is 2. The summed E-state index contributed by atoms with van der Waals surface area (Å²) in [6, 6.07) is 25.9. The molecular weight excluding hydrogens is 448 g/mol. The second kappa shape index (κ2) is 11.0. The summed E-state index contributed by atoms with van der Waals surface area (Å²) < 4.78 is 11.4. The number of halogens is 1. The van der Waals surface area contributed by atoms with Gasteiger partial charge in [-0.05, 0) is 28.8 Å². The summed E-state index contributed by atoms with van der Waals surface area (Å²) in [4.78, 5) is 24.6. The van der Waals surface area contributed by atoms with Crippen molar-refractivity contribution < 1.29 is 19.1 Å². The quantitative estimate of drug-likeness (QED) is 0.461. The monoisotopic (exact) mass is 468 g/mol. The summed E-state index contributed by atoms with van der Waals surface area (Å²) >= 11 is 3.37. The second-order valence-electron chi connectivity index (χ2n) is 6.40. The number of hydrogen-bond acceptors (Lipinski definition) is 4. The number of hydrogen-bond donors (Lipinski definition) is 2. The van der Waals surface area contributed by atoms with E-state index in [1.54, 1.807) is 12.1 Å². The molecule has 0 spiro atoms. The SMILES string of the molecule is O=C(NC(NC(=O)OCc1ccccc1)c1ccc(Br)cc1)OCc1ccccc1. The van der Waals surface area contributed by atoms with Crippen LogP contribution in [-0.2, 0) is 22.7 Å². The van der Waals surface area contributed by atoms with E-state index in [9.17, 15) is 9.59 Å². The van der Waals surface area contributed by atoms with Crippen LogP contribution in [0.4, 0.5) is 9.59 Å². The first-order valence-corrected chi connectivity index (χ1v) is 10.1. The zero-order valence-corrected chi connectivity index (χ0v) is 17.7. The lowest BCUT2D eigenvalue weighted by Crippen LogP contribution is -2.41. The molecule has 3 aromatic rings. The van der Waals surface area contributed by atoms with Crippen LogP contribution in [0.1, 0.15) is 22.9 Å². The first kappa shape index (κ1) is 21.4. The van der Waals surface area contributed by atoms with Gasteiger partial charge in [0.25, 0.3) is 0 Å². The van der Waals surface area contributed by atoms with E-state index < -0.39 is 18.4 Å². The molecule has 0 unspecified atom stereocenters. The van der Waals surface area contributed by atoms with Gasteiger partial charge in [-0.1, -0.05) is 88.7 Å². The highest BCUT2D eigenvalue weighted by molar-refractivity contribution is 9.10. The third-order valence-corrected chi connectivity index (χ3v) is 4.68. The van der Waals surface area contributed by atoms with E-state index >= 15 is 0 Å². The highest BCUT2D eigenvalue weighted by Crippen LogP contribution is 2.16.